The second-order valence-electron chi connectivity index (χ2n) is 3.81. The van der Waals surface area contributed by atoms with Crippen molar-refractivity contribution in [3.63, 3.8) is 0 Å². The lowest BCUT2D eigenvalue weighted by Crippen LogP contribution is -2.31. The molecule has 0 saturated heterocycles. The Morgan fingerprint density at radius 3 is 2.42 bits per heavy atom. The predicted octanol–water partition coefficient (Wildman–Crippen LogP) is 2.03. The van der Waals surface area contributed by atoms with Crippen molar-refractivity contribution >= 4 is 40.1 Å². The van der Waals surface area contributed by atoms with Crippen LogP contribution in [0.5, 0.6) is 0 Å². The largest absolute Gasteiger partial charge is 0.367 e. The maximum atomic E-state index is 12.0. The summed E-state index contributed by atoms with van der Waals surface area (Å²) in [6.07, 6.45) is 1.69. The van der Waals surface area contributed by atoms with Crippen molar-refractivity contribution in [1.29, 1.82) is 0 Å². The second-order valence-corrected chi connectivity index (χ2v) is 5.44. The van der Waals surface area contributed by atoms with Crippen LogP contribution < -0.4 is 5.32 Å². The van der Waals surface area contributed by atoms with Gasteiger partial charge >= 0.3 is 0 Å². The highest BCUT2D eigenvalue weighted by Crippen LogP contribution is 2.24. The molecule has 0 aliphatic carbocycles. The van der Waals surface area contributed by atoms with Crippen LogP contribution in [0.15, 0.2) is 36.9 Å². The van der Waals surface area contributed by atoms with E-state index in [0.29, 0.717) is 22.0 Å². The number of benzene rings is 1. The third kappa shape index (κ3) is 2.85. The van der Waals surface area contributed by atoms with Gasteiger partial charge in [0.1, 0.15) is 4.32 Å². The van der Waals surface area contributed by atoms with Crippen molar-refractivity contribution in [3.8, 4) is 0 Å². The number of carbonyl (C=O) groups excluding carboxylic acids is 2. The van der Waals surface area contributed by atoms with Crippen molar-refractivity contribution in [2.75, 3.05) is 12.4 Å². The van der Waals surface area contributed by atoms with Gasteiger partial charge in [0.05, 0.1) is 17.0 Å². The van der Waals surface area contributed by atoms with E-state index in [9.17, 15) is 9.59 Å². The first-order valence-corrected chi connectivity index (χ1v) is 7.01. The molecule has 1 N–H and O–H groups in total. The smallest absolute Gasteiger partial charge is 0.262 e. The zero-order valence-corrected chi connectivity index (χ0v) is 11.7. The SMILES string of the molecule is C=CCNC(=S)SCN1C(=O)c2ccccc2C1=O. The third-order valence-corrected chi connectivity index (χ3v) is 3.89. The molecule has 2 rings (SSSR count). The second kappa shape index (κ2) is 5.99. The Bertz CT molecular complexity index is 522. The van der Waals surface area contributed by atoms with Gasteiger partial charge in [0.15, 0.2) is 0 Å². The molecule has 1 aliphatic rings. The summed E-state index contributed by atoms with van der Waals surface area (Å²) in [4.78, 5) is 25.3. The fourth-order valence-corrected chi connectivity index (χ4v) is 2.59. The predicted molar refractivity (Wildman–Crippen MR) is 80.2 cm³/mol. The minimum absolute atomic E-state index is 0.218. The van der Waals surface area contributed by atoms with E-state index in [-0.39, 0.29) is 17.7 Å². The van der Waals surface area contributed by atoms with Crippen LogP contribution in [0.25, 0.3) is 0 Å². The van der Waals surface area contributed by atoms with Crippen LogP contribution in [0, 0.1) is 0 Å². The normalized spacial score (nSPS) is 13.4. The first kappa shape index (κ1) is 13.8. The van der Waals surface area contributed by atoms with Gasteiger partial charge < -0.3 is 5.32 Å². The Hall–Kier alpha value is -1.66. The number of fused-ring (bicyclic) bond motifs is 1. The van der Waals surface area contributed by atoms with Gasteiger partial charge in [-0.15, -0.1) is 6.58 Å². The maximum Gasteiger partial charge on any atom is 0.262 e. The molecule has 1 aromatic rings. The lowest BCUT2D eigenvalue weighted by Gasteiger charge is -2.13. The molecule has 4 nitrogen and oxygen atoms in total. The molecule has 2 amide bonds. The first-order valence-electron chi connectivity index (χ1n) is 5.62. The summed E-state index contributed by atoms with van der Waals surface area (Å²) in [5.41, 5.74) is 0.913. The van der Waals surface area contributed by atoms with E-state index in [1.807, 2.05) is 0 Å². The third-order valence-electron chi connectivity index (χ3n) is 2.59. The molecule has 1 aliphatic heterocycles. The molecule has 0 saturated carbocycles. The summed E-state index contributed by atoms with van der Waals surface area (Å²) < 4.78 is 0.538. The molecule has 19 heavy (non-hydrogen) atoms. The summed E-state index contributed by atoms with van der Waals surface area (Å²) in [7, 11) is 0. The van der Waals surface area contributed by atoms with E-state index < -0.39 is 0 Å². The quantitative estimate of drug-likeness (QED) is 0.523. The minimum Gasteiger partial charge on any atom is -0.367 e. The number of rotatable bonds is 4. The minimum atomic E-state index is -0.264. The van der Waals surface area contributed by atoms with Gasteiger partial charge in [-0.3, -0.25) is 14.5 Å². The summed E-state index contributed by atoms with van der Waals surface area (Å²) >= 11 is 6.32. The summed E-state index contributed by atoms with van der Waals surface area (Å²) in [6, 6.07) is 6.82. The number of amides is 2. The number of nitrogens with one attached hydrogen (secondary N) is 1. The lowest BCUT2D eigenvalue weighted by molar-refractivity contribution is 0.0684. The highest BCUT2D eigenvalue weighted by Gasteiger charge is 2.34. The van der Waals surface area contributed by atoms with E-state index >= 15 is 0 Å². The van der Waals surface area contributed by atoms with Crippen LogP contribution in [0.3, 0.4) is 0 Å². The Kier molecular flexibility index (Phi) is 4.34. The monoisotopic (exact) mass is 292 g/mol. The standard InChI is InChI=1S/C13H12N2O2S2/c1-2-7-14-13(18)19-8-15-11(16)9-5-3-4-6-10(9)12(15)17/h2-6H,1,7-8H2,(H,14,18). The molecular weight excluding hydrogens is 280 g/mol. The highest BCUT2D eigenvalue weighted by atomic mass is 32.2. The van der Waals surface area contributed by atoms with Crippen LogP contribution in [0.1, 0.15) is 20.7 Å². The highest BCUT2D eigenvalue weighted by molar-refractivity contribution is 8.22. The lowest BCUT2D eigenvalue weighted by atomic mass is 10.1. The molecule has 1 heterocycles. The van der Waals surface area contributed by atoms with Crippen molar-refractivity contribution in [2.45, 2.75) is 0 Å². The van der Waals surface area contributed by atoms with E-state index in [1.54, 1.807) is 30.3 Å². The number of thioether (sulfide) groups is 1. The van der Waals surface area contributed by atoms with Crippen LogP contribution in [0.4, 0.5) is 0 Å². The average molecular weight is 292 g/mol. The molecular formula is C13H12N2O2S2. The fraction of sp³-hybridized carbons (Fsp3) is 0.154. The van der Waals surface area contributed by atoms with E-state index in [1.165, 1.54) is 16.7 Å². The van der Waals surface area contributed by atoms with Gasteiger partial charge in [0, 0.05) is 6.54 Å². The van der Waals surface area contributed by atoms with Crippen molar-refractivity contribution in [3.05, 3.63) is 48.0 Å². The summed E-state index contributed by atoms with van der Waals surface area (Å²) in [5, 5.41) is 2.93. The van der Waals surface area contributed by atoms with E-state index in [0.717, 1.165) is 0 Å². The molecule has 0 spiro atoms. The van der Waals surface area contributed by atoms with Gasteiger partial charge in [-0.2, -0.15) is 0 Å². The van der Waals surface area contributed by atoms with Crippen molar-refractivity contribution in [2.24, 2.45) is 0 Å². The first-order chi connectivity index (χ1) is 9.15. The van der Waals surface area contributed by atoms with E-state index in [2.05, 4.69) is 11.9 Å². The number of carbonyl (C=O) groups is 2. The average Bonchev–Trinajstić information content (AvgIpc) is 2.67. The Morgan fingerprint density at radius 2 is 1.89 bits per heavy atom. The van der Waals surface area contributed by atoms with Gasteiger partial charge in [-0.25, -0.2) is 0 Å². The Morgan fingerprint density at radius 1 is 1.32 bits per heavy atom. The fourth-order valence-electron chi connectivity index (χ4n) is 1.69. The van der Waals surface area contributed by atoms with Gasteiger partial charge in [-0.05, 0) is 12.1 Å². The van der Waals surface area contributed by atoms with Gasteiger partial charge in [0.25, 0.3) is 11.8 Å². The molecule has 0 aromatic heterocycles. The number of imide groups is 1. The van der Waals surface area contributed by atoms with E-state index in [4.69, 9.17) is 12.2 Å². The van der Waals surface area contributed by atoms with Gasteiger partial charge in [0.2, 0.25) is 0 Å². The number of hydrogen-bond acceptors (Lipinski definition) is 4. The van der Waals surface area contributed by atoms with Crippen molar-refractivity contribution in [1.82, 2.24) is 10.2 Å². The Balaban J connectivity index is 2.00. The molecule has 0 fully saturated rings. The summed E-state index contributed by atoms with van der Waals surface area (Å²) in [5.74, 6) is -0.311. The zero-order chi connectivity index (χ0) is 13.8. The molecule has 6 heteroatoms. The maximum absolute atomic E-state index is 12.0. The number of hydrogen-bond donors (Lipinski definition) is 1. The molecule has 0 unspecified atom stereocenters. The topological polar surface area (TPSA) is 49.4 Å². The molecule has 0 radical (unpaired) electrons. The van der Waals surface area contributed by atoms with Crippen LogP contribution >= 0.6 is 24.0 Å². The zero-order valence-electron chi connectivity index (χ0n) is 10.1. The van der Waals surface area contributed by atoms with Crippen LogP contribution in [-0.2, 0) is 0 Å². The van der Waals surface area contributed by atoms with Crippen LogP contribution in [0.2, 0.25) is 0 Å². The van der Waals surface area contributed by atoms with Gasteiger partial charge in [-0.1, -0.05) is 42.2 Å². The molecule has 0 bridgehead atoms. The van der Waals surface area contributed by atoms with Crippen LogP contribution in [-0.4, -0.2) is 33.5 Å². The molecule has 98 valence electrons. The Labute approximate surface area is 120 Å². The number of nitrogens with zero attached hydrogens (tertiary/aromatic N) is 1. The number of thiocarbonyl (C=S) groups is 1. The van der Waals surface area contributed by atoms with Crippen molar-refractivity contribution < 1.29 is 9.59 Å². The molecule has 1 aromatic carbocycles. The summed E-state index contributed by atoms with van der Waals surface area (Å²) in [6.45, 7) is 4.13. The molecule has 0 atom stereocenters.